The third kappa shape index (κ3) is 2.88. The van der Waals surface area contributed by atoms with Crippen molar-refractivity contribution in [3.05, 3.63) is 29.6 Å². The molecule has 1 N–H and O–H groups in total. The van der Waals surface area contributed by atoms with Gasteiger partial charge in [0.05, 0.1) is 5.56 Å². The molecule has 1 aromatic carbocycles. The van der Waals surface area contributed by atoms with Gasteiger partial charge in [-0.15, -0.1) is 0 Å². The lowest BCUT2D eigenvalue weighted by atomic mass is 9.78. The third-order valence-electron chi connectivity index (χ3n) is 4.29. The zero-order valence-corrected chi connectivity index (χ0v) is 11.4. The molecule has 0 aliphatic carbocycles. The number of aromatic hydroxyl groups is 1. The van der Waals surface area contributed by atoms with E-state index in [1.165, 1.54) is 12.1 Å². The van der Waals surface area contributed by atoms with Crippen LogP contribution in [0, 0.1) is 11.2 Å². The average Bonchev–Trinajstić information content (AvgIpc) is 2.39. The second kappa shape index (κ2) is 5.19. The molecular weight excluding hydrogens is 245 g/mol. The number of phenols is 1. The summed E-state index contributed by atoms with van der Waals surface area (Å²) in [4.78, 5) is 13.9. The molecule has 1 aromatic rings. The number of phenolic OH excluding ortho intramolecular Hbond substituents is 1. The topological polar surface area (TPSA) is 40.5 Å². The molecule has 0 spiro atoms. The molecule has 0 atom stereocenters. The summed E-state index contributed by atoms with van der Waals surface area (Å²) in [5, 5.41) is 9.17. The molecule has 19 heavy (non-hydrogen) atoms. The zero-order valence-electron chi connectivity index (χ0n) is 11.4. The first-order valence-electron chi connectivity index (χ1n) is 6.73. The van der Waals surface area contributed by atoms with Crippen LogP contribution in [0.15, 0.2) is 18.2 Å². The number of hydrogen-bond acceptors (Lipinski definition) is 2. The summed E-state index contributed by atoms with van der Waals surface area (Å²) in [5.41, 5.74) is 0.336. The van der Waals surface area contributed by atoms with Gasteiger partial charge in [0.25, 0.3) is 5.91 Å². The van der Waals surface area contributed by atoms with Gasteiger partial charge in [-0.25, -0.2) is 4.39 Å². The van der Waals surface area contributed by atoms with Crippen molar-refractivity contribution in [2.45, 2.75) is 33.1 Å². The van der Waals surface area contributed by atoms with Crippen molar-refractivity contribution < 1.29 is 14.3 Å². The first kappa shape index (κ1) is 13.8. The second-order valence-corrected chi connectivity index (χ2v) is 5.62. The van der Waals surface area contributed by atoms with Crippen LogP contribution in [0.4, 0.5) is 4.39 Å². The van der Waals surface area contributed by atoms with Gasteiger partial charge in [-0.05, 0) is 30.4 Å². The molecule has 0 saturated carbocycles. The van der Waals surface area contributed by atoms with E-state index in [1.807, 2.05) is 0 Å². The summed E-state index contributed by atoms with van der Waals surface area (Å²) in [5.74, 6) is -1.10. The van der Waals surface area contributed by atoms with Crippen molar-refractivity contribution in [1.29, 1.82) is 0 Å². The third-order valence-corrected chi connectivity index (χ3v) is 4.29. The number of rotatable bonds is 2. The van der Waals surface area contributed by atoms with E-state index in [0.29, 0.717) is 18.5 Å². The van der Waals surface area contributed by atoms with E-state index in [9.17, 15) is 9.18 Å². The minimum atomic E-state index is -0.658. The molecule has 1 aliphatic heterocycles. The number of carbonyl (C=O) groups is 1. The highest BCUT2D eigenvalue weighted by Crippen LogP contribution is 2.34. The van der Waals surface area contributed by atoms with Gasteiger partial charge in [-0.2, -0.15) is 0 Å². The van der Waals surface area contributed by atoms with Crippen LogP contribution in [0.3, 0.4) is 0 Å². The summed E-state index contributed by atoms with van der Waals surface area (Å²) < 4.78 is 13.7. The predicted octanol–water partition coefficient (Wildman–Crippen LogP) is 3.18. The standard InChI is InChI=1S/C15H20FNO2/c1-3-15(2)6-8-17(9-7-15)14(19)12-5-4-11(18)10-13(12)16/h4-5,10,18H,3,6-9H2,1-2H3. The average molecular weight is 265 g/mol. The Morgan fingerprint density at radius 3 is 2.58 bits per heavy atom. The Balaban J connectivity index is 2.09. The summed E-state index contributed by atoms with van der Waals surface area (Å²) >= 11 is 0. The quantitative estimate of drug-likeness (QED) is 0.892. The number of piperidine rings is 1. The summed E-state index contributed by atoms with van der Waals surface area (Å²) in [6, 6.07) is 3.67. The largest absolute Gasteiger partial charge is 0.508 e. The van der Waals surface area contributed by atoms with Gasteiger partial charge in [0.2, 0.25) is 0 Å². The first-order chi connectivity index (χ1) is 8.95. The molecule has 1 aliphatic rings. The van der Waals surface area contributed by atoms with Crippen molar-refractivity contribution in [2.24, 2.45) is 5.41 Å². The fraction of sp³-hybridized carbons (Fsp3) is 0.533. The van der Waals surface area contributed by atoms with E-state index in [0.717, 1.165) is 25.3 Å². The summed E-state index contributed by atoms with van der Waals surface area (Å²) in [6.07, 6.45) is 3.01. The van der Waals surface area contributed by atoms with Gasteiger partial charge in [0.1, 0.15) is 11.6 Å². The van der Waals surface area contributed by atoms with Gasteiger partial charge in [0, 0.05) is 19.2 Å². The van der Waals surface area contributed by atoms with Crippen molar-refractivity contribution in [2.75, 3.05) is 13.1 Å². The molecule has 3 nitrogen and oxygen atoms in total. The van der Waals surface area contributed by atoms with Crippen molar-refractivity contribution in [3.8, 4) is 5.75 Å². The Kier molecular flexibility index (Phi) is 3.78. The zero-order chi connectivity index (χ0) is 14.0. The minimum Gasteiger partial charge on any atom is -0.508 e. The molecule has 104 valence electrons. The van der Waals surface area contributed by atoms with Gasteiger partial charge in [0.15, 0.2) is 0 Å². The Hall–Kier alpha value is -1.58. The lowest BCUT2D eigenvalue weighted by molar-refractivity contribution is 0.0596. The monoisotopic (exact) mass is 265 g/mol. The molecule has 0 radical (unpaired) electrons. The van der Waals surface area contributed by atoms with Crippen LogP contribution in [-0.4, -0.2) is 29.0 Å². The molecule has 1 heterocycles. The van der Waals surface area contributed by atoms with E-state index in [-0.39, 0.29) is 17.2 Å². The molecule has 4 heteroatoms. The van der Waals surface area contributed by atoms with Gasteiger partial charge < -0.3 is 10.0 Å². The maximum absolute atomic E-state index is 13.7. The van der Waals surface area contributed by atoms with Gasteiger partial charge in [-0.3, -0.25) is 4.79 Å². The normalized spacial score (nSPS) is 18.4. The Morgan fingerprint density at radius 2 is 2.05 bits per heavy atom. The predicted molar refractivity (Wildman–Crippen MR) is 71.6 cm³/mol. The van der Waals surface area contributed by atoms with Crippen LogP contribution in [-0.2, 0) is 0 Å². The summed E-state index contributed by atoms with van der Waals surface area (Å²) in [7, 11) is 0. The van der Waals surface area contributed by atoms with Crippen LogP contribution in [0.1, 0.15) is 43.5 Å². The molecule has 1 fully saturated rings. The maximum Gasteiger partial charge on any atom is 0.256 e. The Morgan fingerprint density at radius 1 is 1.42 bits per heavy atom. The minimum absolute atomic E-state index is 0.0397. The number of hydrogen-bond donors (Lipinski definition) is 1. The van der Waals surface area contributed by atoms with E-state index in [2.05, 4.69) is 13.8 Å². The van der Waals surface area contributed by atoms with E-state index in [4.69, 9.17) is 5.11 Å². The fourth-order valence-corrected chi connectivity index (χ4v) is 2.45. The molecule has 0 aromatic heterocycles. The first-order valence-corrected chi connectivity index (χ1v) is 6.73. The highest BCUT2D eigenvalue weighted by molar-refractivity contribution is 5.94. The maximum atomic E-state index is 13.7. The van der Waals surface area contributed by atoms with Crippen molar-refractivity contribution in [1.82, 2.24) is 4.90 Å². The smallest absolute Gasteiger partial charge is 0.256 e. The van der Waals surface area contributed by atoms with Gasteiger partial charge >= 0.3 is 0 Å². The van der Waals surface area contributed by atoms with Gasteiger partial charge in [-0.1, -0.05) is 20.3 Å². The van der Waals surface area contributed by atoms with Crippen molar-refractivity contribution >= 4 is 5.91 Å². The van der Waals surface area contributed by atoms with E-state index in [1.54, 1.807) is 4.90 Å². The molecule has 0 bridgehead atoms. The number of benzene rings is 1. The number of nitrogens with zero attached hydrogens (tertiary/aromatic N) is 1. The Labute approximate surface area is 113 Å². The van der Waals surface area contributed by atoms with Crippen LogP contribution in [0.25, 0.3) is 0 Å². The number of carbonyl (C=O) groups excluding carboxylic acids is 1. The molecule has 0 unspecified atom stereocenters. The molecule has 2 rings (SSSR count). The molecular formula is C15H20FNO2. The summed E-state index contributed by atoms with van der Waals surface area (Å²) in [6.45, 7) is 5.74. The van der Waals surface area contributed by atoms with Crippen LogP contribution < -0.4 is 0 Å². The van der Waals surface area contributed by atoms with Crippen molar-refractivity contribution in [3.63, 3.8) is 0 Å². The highest BCUT2D eigenvalue weighted by Gasteiger charge is 2.31. The lowest BCUT2D eigenvalue weighted by Crippen LogP contribution is -2.42. The number of halogens is 1. The van der Waals surface area contributed by atoms with E-state index >= 15 is 0 Å². The van der Waals surface area contributed by atoms with Crippen LogP contribution >= 0.6 is 0 Å². The molecule has 1 saturated heterocycles. The highest BCUT2D eigenvalue weighted by atomic mass is 19.1. The van der Waals surface area contributed by atoms with Crippen LogP contribution in [0.2, 0.25) is 0 Å². The lowest BCUT2D eigenvalue weighted by Gasteiger charge is -2.39. The number of likely N-dealkylation sites (tertiary alicyclic amines) is 1. The molecule has 1 amide bonds. The SMILES string of the molecule is CCC1(C)CCN(C(=O)c2ccc(O)cc2F)CC1. The fourth-order valence-electron chi connectivity index (χ4n) is 2.45. The Bertz CT molecular complexity index is 479. The number of amides is 1. The second-order valence-electron chi connectivity index (χ2n) is 5.62. The van der Waals surface area contributed by atoms with E-state index < -0.39 is 5.82 Å². The van der Waals surface area contributed by atoms with Crippen LogP contribution in [0.5, 0.6) is 5.75 Å².